The molecule has 7 heteroatoms. The fourth-order valence-corrected chi connectivity index (χ4v) is 1.90. The number of halogens is 3. The van der Waals surface area contributed by atoms with Gasteiger partial charge in [-0.2, -0.15) is 18.2 Å². The fourth-order valence-electron chi connectivity index (χ4n) is 1.90. The molecular formula is C14H15F3N4. The van der Waals surface area contributed by atoms with Crippen LogP contribution in [0.3, 0.4) is 0 Å². The highest BCUT2D eigenvalue weighted by molar-refractivity contribution is 5.41. The molecule has 112 valence electrons. The van der Waals surface area contributed by atoms with Crippen molar-refractivity contribution in [3.05, 3.63) is 47.2 Å². The average molecular weight is 296 g/mol. The SMILES string of the molecule is Cc1cccc(CCNc2cc(C(F)(F)F)nc(N)n2)c1. The summed E-state index contributed by atoms with van der Waals surface area (Å²) in [4.78, 5) is 6.94. The van der Waals surface area contributed by atoms with Crippen LogP contribution in [0.5, 0.6) is 0 Å². The molecule has 0 radical (unpaired) electrons. The van der Waals surface area contributed by atoms with Crippen LogP contribution in [0.25, 0.3) is 0 Å². The molecule has 1 aromatic heterocycles. The van der Waals surface area contributed by atoms with Gasteiger partial charge in [0.15, 0.2) is 5.69 Å². The summed E-state index contributed by atoms with van der Waals surface area (Å²) < 4.78 is 37.8. The minimum atomic E-state index is -4.54. The van der Waals surface area contributed by atoms with Gasteiger partial charge in [0.05, 0.1) is 0 Å². The number of nitrogens with one attached hydrogen (secondary N) is 1. The summed E-state index contributed by atoms with van der Waals surface area (Å²) >= 11 is 0. The molecule has 2 aromatic rings. The van der Waals surface area contributed by atoms with Gasteiger partial charge in [-0.25, -0.2) is 4.98 Å². The van der Waals surface area contributed by atoms with Gasteiger partial charge in [-0.15, -0.1) is 0 Å². The van der Waals surface area contributed by atoms with E-state index in [0.29, 0.717) is 13.0 Å². The van der Waals surface area contributed by atoms with Crippen molar-refractivity contribution in [2.24, 2.45) is 0 Å². The van der Waals surface area contributed by atoms with Crippen molar-refractivity contribution in [2.45, 2.75) is 19.5 Å². The van der Waals surface area contributed by atoms with E-state index >= 15 is 0 Å². The van der Waals surface area contributed by atoms with Crippen LogP contribution < -0.4 is 11.1 Å². The Balaban J connectivity index is 2.02. The number of nitrogens with two attached hydrogens (primary N) is 1. The summed E-state index contributed by atoms with van der Waals surface area (Å²) in [6.45, 7) is 2.44. The lowest BCUT2D eigenvalue weighted by Gasteiger charge is -2.10. The van der Waals surface area contributed by atoms with Crippen molar-refractivity contribution in [3.8, 4) is 0 Å². The van der Waals surface area contributed by atoms with Gasteiger partial charge in [-0.3, -0.25) is 0 Å². The molecule has 1 heterocycles. The van der Waals surface area contributed by atoms with Crippen LogP contribution in [-0.4, -0.2) is 16.5 Å². The summed E-state index contributed by atoms with van der Waals surface area (Å²) in [5.74, 6) is -0.328. The van der Waals surface area contributed by atoms with E-state index in [4.69, 9.17) is 5.73 Å². The number of nitrogen functional groups attached to an aromatic ring is 1. The molecule has 0 aliphatic carbocycles. The van der Waals surface area contributed by atoms with Gasteiger partial charge >= 0.3 is 6.18 Å². The zero-order valence-corrected chi connectivity index (χ0v) is 11.4. The number of aryl methyl sites for hydroxylation is 1. The average Bonchev–Trinajstić information content (AvgIpc) is 2.37. The number of rotatable bonds is 4. The molecule has 4 nitrogen and oxygen atoms in total. The minimum absolute atomic E-state index is 0.0717. The van der Waals surface area contributed by atoms with Crippen LogP contribution >= 0.6 is 0 Å². The van der Waals surface area contributed by atoms with Crippen molar-refractivity contribution in [2.75, 3.05) is 17.6 Å². The predicted octanol–water partition coefficient (Wildman–Crippen LogP) is 3.04. The van der Waals surface area contributed by atoms with E-state index in [9.17, 15) is 13.2 Å². The zero-order chi connectivity index (χ0) is 15.5. The van der Waals surface area contributed by atoms with Crippen LogP contribution in [0, 0.1) is 6.92 Å². The summed E-state index contributed by atoms with van der Waals surface area (Å²) in [5.41, 5.74) is 6.48. The highest BCUT2D eigenvalue weighted by Gasteiger charge is 2.33. The van der Waals surface area contributed by atoms with Gasteiger partial charge in [0, 0.05) is 12.6 Å². The summed E-state index contributed by atoms with van der Waals surface area (Å²) in [5, 5.41) is 2.83. The Kier molecular flexibility index (Phi) is 4.30. The lowest BCUT2D eigenvalue weighted by atomic mass is 10.1. The van der Waals surface area contributed by atoms with Gasteiger partial charge in [0.25, 0.3) is 0 Å². The maximum absolute atomic E-state index is 12.6. The van der Waals surface area contributed by atoms with E-state index in [2.05, 4.69) is 15.3 Å². The van der Waals surface area contributed by atoms with E-state index < -0.39 is 17.8 Å². The molecule has 0 unspecified atom stereocenters. The zero-order valence-electron chi connectivity index (χ0n) is 11.4. The number of aromatic nitrogens is 2. The van der Waals surface area contributed by atoms with Crippen molar-refractivity contribution >= 4 is 11.8 Å². The van der Waals surface area contributed by atoms with E-state index in [0.717, 1.165) is 17.2 Å². The maximum atomic E-state index is 12.6. The smallest absolute Gasteiger partial charge is 0.370 e. The molecule has 0 saturated heterocycles. The predicted molar refractivity (Wildman–Crippen MR) is 74.8 cm³/mol. The van der Waals surface area contributed by atoms with Gasteiger partial charge in [0.1, 0.15) is 5.82 Å². The van der Waals surface area contributed by atoms with Gasteiger partial charge in [0.2, 0.25) is 5.95 Å². The molecule has 3 N–H and O–H groups in total. The number of nitrogens with zero attached hydrogens (tertiary/aromatic N) is 2. The van der Waals surface area contributed by atoms with E-state index in [1.807, 2.05) is 31.2 Å². The second-order valence-corrected chi connectivity index (χ2v) is 4.66. The maximum Gasteiger partial charge on any atom is 0.433 e. The molecule has 0 amide bonds. The topological polar surface area (TPSA) is 63.8 Å². The standard InChI is InChI=1S/C14H15F3N4/c1-9-3-2-4-10(7-9)5-6-19-12-8-11(14(15,16)17)20-13(18)21-12/h2-4,7-8H,5-6H2,1H3,(H3,18,19,20,21). The normalized spacial score (nSPS) is 11.4. The molecule has 21 heavy (non-hydrogen) atoms. The number of alkyl halides is 3. The first-order valence-electron chi connectivity index (χ1n) is 6.36. The van der Waals surface area contributed by atoms with Gasteiger partial charge in [-0.05, 0) is 18.9 Å². The van der Waals surface area contributed by atoms with Crippen LogP contribution in [0.4, 0.5) is 24.9 Å². The monoisotopic (exact) mass is 296 g/mol. The lowest BCUT2D eigenvalue weighted by Crippen LogP contribution is -2.14. The number of anilines is 2. The largest absolute Gasteiger partial charge is 0.433 e. The highest BCUT2D eigenvalue weighted by atomic mass is 19.4. The first kappa shape index (κ1) is 15.1. The number of benzene rings is 1. The second kappa shape index (κ2) is 5.99. The molecule has 2 rings (SSSR count). The van der Waals surface area contributed by atoms with Crippen LogP contribution in [0.1, 0.15) is 16.8 Å². The third kappa shape index (κ3) is 4.34. The van der Waals surface area contributed by atoms with Crippen LogP contribution in [-0.2, 0) is 12.6 Å². The second-order valence-electron chi connectivity index (χ2n) is 4.66. The number of hydrogen-bond donors (Lipinski definition) is 2. The third-order valence-electron chi connectivity index (χ3n) is 2.84. The van der Waals surface area contributed by atoms with Crippen molar-refractivity contribution < 1.29 is 13.2 Å². The molecule has 0 fully saturated rings. The Hall–Kier alpha value is -2.31. The number of hydrogen-bond acceptors (Lipinski definition) is 4. The first-order valence-corrected chi connectivity index (χ1v) is 6.36. The molecule has 0 saturated carbocycles. The quantitative estimate of drug-likeness (QED) is 0.910. The Labute approximate surface area is 120 Å². The molecular weight excluding hydrogens is 281 g/mol. The Morgan fingerprint density at radius 2 is 1.95 bits per heavy atom. The van der Waals surface area contributed by atoms with E-state index in [1.54, 1.807) is 0 Å². The lowest BCUT2D eigenvalue weighted by molar-refractivity contribution is -0.141. The highest BCUT2D eigenvalue weighted by Crippen LogP contribution is 2.29. The van der Waals surface area contributed by atoms with Crippen LogP contribution in [0.2, 0.25) is 0 Å². The molecule has 0 atom stereocenters. The Bertz CT molecular complexity index is 626. The molecule has 0 spiro atoms. The van der Waals surface area contributed by atoms with E-state index in [-0.39, 0.29) is 5.82 Å². The van der Waals surface area contributed by atoms with Gasteiger partial charge in [-0.1, -0.05) is 29.8 Å². The summed E-state index contributed by atoms with van der Waals surface area (Å²) in [7, 11) is 0. The minimum Gasteiger partial charge on any atom is -0.370 e. The van der Waals surface area contributed by atoms with Crippen LogP contribution in [0.15, 0.2) is 30.3 Å². The fraction of sp³-hybridized carbons (Fsp3) is 0.286. The van der Waals surface area contributed by atoms with Crippen molar-refractivity contribution in [1.29, 1.82) is 0 Å². The molecule has 0 aliphatic rings. The van der Waals surface area contributed by atoms with Gasteiger partial charge < -0.3 is 11.1 Å². The Morgan fingerprint density at radius 1 is 1.19 bits per heavy atom. The van der Waals surface area contributed by atoms with Crippen molar-refractivity contribution in [3.63, 3.8) is 0 Å². The van der Waals surface area contributed by atoms with E-state index in [1.165, 1.54) is 0 Å². The molecule has 0 bridgehead atoms. The van der Waals surface area contributed by atoms with Crippen molar-refractivity contribution in [1.82, 2.24) is 9.97 Å². The summed E-state index contributed by atoms with van der Waals surface area (Å²) in [6, 6.07) is 8.76. The Morgan fingerprint density at radius 3 is 2.62 bits per heavy atom. The third-order valence-corrected chi connectivity index (χ3v) is 2.84. The summed E-state index contributed by atoms with van der Waals surface area (Å²) in [6.07, 6.45) is -3.86. The first-order chi connectivity index (χ1) is 9.84. The molecule has 1 aromatic carbocycles. The molecule has 0 aliphatic heterocycles.